The SMILES string of the molecule is c1cc(NCC2CCNCC2)c2cn[nH]c2c1. The maximum Gasteiger partial charge on any atom is 0.0671 e. The van der Waals surface area contributed by atoms with Crippen LogP contribution in [-0.4, -0.2) is 29.8 Å². The van der Waals surface area contributed by atoms with Gasteiger partial charge in [-0.2, -0.15) is 5.10 Å². The number of piperidine rings is 1. The summed E-state index contributed by atoms with van der Waals surface area (Å²) >= 11 is 0. The Morgan fingerprint density at radius 1 is 1.29 bits per heavy atom. The molecule has 2 aromatic rings. The summed E-state index contributed by atoms with van der Waals surface area (Å²) in [4.78, 5) is 0. The quantitative estimate of drug-likeness (QED) is 0.755. The minimum Gasteiger partial charge on any atom is -0.384 e. The number of aromatic amines is 1. The van der Waals surface area contributed by atoms with Crippen molar-refractivity contribution in [1.29, 1.82) is 0 Å². The van der Waals surface area contributed by atoms with Crippen LogP contribution in [0.15, 0.2) is 24.4 Å². The summed E-state index contributed by atoms with van der Waals surface area (Å²) in [6.07, 6.45) is 4.43. The van der Waals surface area contributed by atoms with E-state index in [4.69, 9.17) is 0 Å². The van der Waals surface area contributed by atoms with Gasteiger partial charge in [0.2, 0.25) is 0 Å². The first kappa shape index (κ1) is 10.6. The van der Waals surface area contributed by atoms with E-state index in [0.29, 0.717) is 0 Å². The highest BCUT2D eigenvalue weighted by molar-refractivity contribution is 5.90. The molecule has 17 heavy (non-hydrogen) atoms. The van der Waals surface area contributed by atoms with Gasteiger partial charge in [-0.1, -0.05) is 6.07 Å². The smallest absolute Gasteiger partial charge is 0.0671 e. The van der Waals surface area contributed by atoms with E-state index in [9.17, 15) is 0 Å². The lowest BCUT2D eigenvalue weighted by Crippen LogP contribution is -2.31. The highest BCUT2D eigenvalue weighted by Crippen LogP contribution is 2.22. The molecule has 0 aliphatic carbocycles. The van der Waals surface area contributed by atoms with Gasteiger partial charge in [-0.25, -0.2) is 0 Å². The molecule has 0 atom stereocenters. The maximum atomic E-state index is 4.08. The van der Waals surface area contributed by atoms with E-state index in [1.54, 1.807) is 0 Å². The molecule has 1 saturated heterocycles. The molecular weight excluding hydrogens is 212 g/mol. The fourth-order valence-corrected chi connectivity index (χ4v) is 2.46. The molecule has 3 rings (SSSR count). The zero-order valence-electron chi connectivity index (χ0n) is 9.87. The van der Waals surface area contributed by atoms with Gasteiger partial charge >= 0.3 is 0 Å². The summed E-state index contributed by atoms with van der Waals surface area (Å²) in [5, 5.41) is 15.2. The van der Waals surface area contributed by atoms with Crippen LogP contribution < -0.4 is 10.6 Å². The standard InChI is InChI=1S/C13H18N4/c1-2-12(11-9-16-17-13(11)3-1)15-8-10-4-6-14-7-5-10/h1-3,9-10,14-15H,4-8H2,(H,16,17). The van der Waals surface area contributed by atoms with Gasteiger partial charge in [0.05, 0.1) is 11.7 Å². The van der Waals surface area contributed by atoms with Crippen molar-refractivity contribution < 1.29 is 0 Å². The lowest BCUT2D eigenvalue weighted by molar-refractivity contribution is 0.390. The first-order valence-electron chi connectivity index (χ1n) is 6.30. The molecule has 0 spiro atoms. The summed E-state index contributed by atoms with van der Waals surface area (Å²) < 4.78 is 0. The second-order valence-corrected chi connectivity index (χ2v) is 4.71. The van der Waals surface area contributed by atoms with Gasteiger partial charge in [-0.05, 0) is 44.0 Å². The molecule has 1 aromatic heterocycles. The Balaban J connectivity index is 1.69. The molecule has 3 N–H and O–H groups in total. The van der Waals surface area contributed by atoms with Crippen molar-refractivity contribution in [2.45, 2.75) is 12.8 Å². The second-order valence-electron chi connectivity index (χ2n) is 4.71. The summed E-state index contributed by atoms with van der Waals surface area (Å²) in [6.45, 7) is 3.37. The minimum atomic E-state index is 0.790. The fourth-order valence-electron chi connectivity index (χ4n) is 2.46. The molecule has 1 aliphatic rings. The van der Waals surface area contributed by atoms with Gasteiger partial charge in [0, 0.05) is 17.6 Å². The number of hydrogen-bond acceptors (Lipinski definition) is 3. The van der Waals surface area contributed by atoms with Crippen LogP contribution in [0.4, 0.5) is 5.69 Å². The molecule has 0 unspecified atom stereocenters. The number of fused-ring (bicyclic) bond motifs is 1. The van der Waals surface area contributed by atoms with E-state index < -0.39 is 0 Å². The highest BCUT2D eigenvalue weighted by atomic mass is 15.1. The molecule has 2 heterocycles. The van der Waals surface area contributed by atoms with E-state index in [1.807, 2.05) is 6.20 Å². The Kier molecular flexibility index (Phi) is 2.96. The van der Waals surface area contributed by atoms with Crippen molar-refractivity contribution in [3.05, 3.63) is 24.4 Å². The third-order valence-corrected chi connectivity index (χ3v) is 3.52. The van der Waals surface area contributed by atoms with Gasteiger partial charge in [-0.3, -0.25) is 5.10 Å². The topological polar surface area (TPSA) is 52.7 Å². The van der Waals surface area contributed by atoms with Crippen molar-refractivity contribution in [2.75, 3.05) is 25.0 Å². The zero-order valence-corrected chi connectivity index (χ0v) is 9.87. The predicted molar refractivity (Wildman–Crippen MR) is 70.2 cm³/mol. The summed E-state index contributed by atoms with van der Waals surface area (Å²) in [6, 6.07) is 6.24. The molecule has 0 bridgehead atoms. The van der Waals surface area contributed by atoms with Crippen molar-refractivity contribution in [3.63, 3.8) is 0 Å². The average molecular weight is 230 g/mol. The van der Waals surface area contributed by atoms with Crippen molar-refractivity contribution in [2.24, 2.45) is 5.92 Å². The molecule has 1 aromatic carbocycles. The van der Waals surface area contributed by atoms with Gasteiger partial charge in [0.1, 0.15) is 0 Å². The minimum absolute atomic E-state index is 0.790. The molecule has 90 valence electrons. The molecule has 0 amide bonds. The van der Waals surface area contributed by atoms with Crippen LogP contribution in [0.2, 0.25) is 0 Å². The average Bonchev–Trinajstić information content (AvgIpc) is 2.86. The monoisotopic (exact) mass is 230 g/mol. The van der Waals surface area contributed by atoms with Crippen LogP contribution in [0.5, 0.6) is 0 Å². The lowest BCUT2D eigenvalue weighted by atomic mass is 9.98. The normalized spacial score (nSPS) is 17.4. The molecule has 0 radical (unpaired) electrons. The van der Waals surface area contributed by atoms with Crippen LogP contribution in [0, 0.1) is 5.92 Å². The number of H-pyrrole nitrogens is 1. The van der Waals surface area contributed by atoms with E-state index in [-0.39, 0.29) is 0 Å². The summed E-state index contributed by atoms with van der Waals surface area (Å²) in [5.41, 5.74) is 2.29. The lowest BCUT2D eigenvalue weighted by Gasteiger charge is -2.23. The van der Waals surface area contributed by atoms with Crippen LogP contribution >= 0.6 is 0 Å². The number of anilines is 1. The van der Waals surface area contributed by atoms with Gasteiger partial charge in [-0.15, -0.1) is 0 Å². The van der Waals surface area contributed by atoms with Crippen LogP contribution in [0.25, 0.3) is 10.9 Å². The second kappa shape index (κ2) is 4.75. The van der Waals surface area contributed by atoms with E-state index in [2.05, 4.69) is 39.0 Å². The van der Waals surface area contributed by atoms with E-state index >= 15 is 0 Å². The number of rotatable bonds is 3. The zero-order chi connectivity index (χ0) is 11.5. The van der Waals surface area contributed by atoms with E-state index in [1.165, 1.54) is 23.9 Å². The fraction of sp³-hybridized carbons (Fsp3) is 0.462. The molecule has 4 heteroatoms. The van der Waals surface area contributed by atoms with Crippen LogP contribution in [0.1, 0.15) is 12.8 Å². The van der Waals surface area contributed by atoms with Crippen molar-refractivity contribution in [3.8, 4) is 0 Å². The molecule has 1 aliphatic heterocycles. The largest absolute Gasteiger partial charge is 0.384 e. The first-order valence-corrected chi connectivity index (χ1v) is 6.30. The number of nitrogens with zero attached hydrogens (tertiary/aromatic N) is 1. The van der Waals surface area contributed by atoms with Gasteiger partial charge < -0.3 is 10.6 Å². The highest BCUT2D eigenvalue weighted by Gasteiger charge is 2.12. The number of nitrogens with one attached hydrogen (secondary N) is 3. The Labute approximate surface area is 101 Å². The van der Waals surface area contributed by atoms with Gasteiger partial charge in [0.25, 0.3) is 0 Å². The Morgan fingerprint density at radius 3 is 3.06 bits per heavy atom. The Bertz CT molecular complexity index is 485. The maximum absolute atomic E-state index is 4.08. The van der Waals surface area contributed by atoms with Crippen LogP contribution in [0.3, 0.4) is 0 Å². The van der Waals surface area contributed by atoms with Gasteiger partial charge in [0.15, 0.2) is 0 Å². The third kappa shape index (κ3) is 2.26. The van der Waals surface area contributed by atoms with Crippen molar-refractivity contribution in [1.82, 2.24) is 15.5 Å². The molecule has 4 nitrogen and oxygen atoms in total. The van der Waals surface area contributed by atoms with Crippen LogP contribution in [-0.2, 0) is 0 Å². The Hall–Kier alpha value is -1.55. The molecular formula is C13H18N4. The molecule has 1 fully saturated rings. The number of aromatic nitrogens is 2. The van der Waals surface area contributed by atoms with E-state index in [0.717, 1.165) is 31.1 Å². The summed E-state index contributed by atoms with van der Waals surface area (Å²) in [7, 11) is 0. The third-order valence-electron chi connectivity index (χ3n) is 3.52. The Morgan fingerprint density at radius 2 is 2.18 bits per heavy atom. The summed E-state index contributed by atoms with van der Waals surface area (Å²) in [5.74, 6) is 0.790. The van der Waals surface area contributed by atoms with Crippen molar-refractivity contribution >= 4 is 16.6 Å². The molecule has 0 saturated carbocycles. The number of hydrogen-bond donors (Lipinski definition) is 3. The number of benzene rings is 1. The predicted octanol–water partition coefficient (Wildman–Crippen LogP) is 1.97. The first-order chi connectivity index (χ1) is 8.43.